The van der Waals surface area contributed by atoms with Crippen LogP contribution in [0.25, 0.3) is 0 Å². The summed E-state index contributed by atoms with van der Waals surface area (Å²) in [5, 5.41) is 0. The van der Waals surface area contributed by atoms with Crippen molar-refractivity contribution in [1.82, 2.24) is 9.97 Å². The molecular formula is C10H14N2O. The highest BCUT2D eigenvalue weighted by Gasteiger charge is 2.21. The van der Waals surface area contributed by atoms with Crippen LogP contribution in [-0.2, 0) is 23.4 Å². The number of fused-ring (bicyclic) bond motifs is 1. The smallest absolute Gasteiger partial charge is 0.133 e. The van der Waals surface area contributed by atoms with Gasteiger partial charge in [-0.1, -0.05) is 20.8 Å². The highest BCUT2D eigenvalue weighted by Crippen LogP contribution is 2.22. The average Bonchev–Trinajstić information content (AvgIpc) is 2.47. The van der Waals surface area contributed by atoms with Gasteiger partial charge in [-0.3, -0.25) is 0 Å². The Hall–Kier alpha value is -0.960. The molecule has 2 rings (SSSR count). The molecule has 0 N–H and O–H groups in total. The molecule has 1 aromatic rings. The summed E-state index contributed by atoms with van der Waals surface area (Å²) in [6.45, 7) is 7.65. The minimum Gasteiger partial charge on any atom is -0.370 e. The third kappa shape index (κ3) is 1.56. The van der Waals surface area contributed by atoms with E-state index in [1.54, 1.807) is 0 Å². The van der Waals surface area contributed by atoms with Crippen molar-refractivity contribution in [2.45, 2.75) is 39.4 Å². The fourth-order valence-corrected chi connectivity index (χ4v) is 1.31. The molecule has 0 amide bonds. The van der Waals surface area contributed by atoms with E-state index in [0.717, 1.165) is 17.1 Å². The van der Waals surface area contributed by atoms with Crippen LogP contribution in [0.4, 0.5) is 0 Å². The van der Waals surface area contributed by atoms with Crippen LogP contribution in [0, 0.1) is 0 Å². The van der Waals surface area contributed by atoms with Crippen molar-refractivity contribution < 1.29 is 4.74 Å². The van der Waals surface area contributed by atoms with Crippen molar-refractivity contribution in [3.63, 3.8) is 0 Å². The van der Waals surface area contributed by atoms with Gasteiger partial charge in [0.05, 0.1) is 18.9 Å². The summed E-state index contributed by atoms with van der Waals surface area (Å²) in [7, 11) is 0. The Morgan fingerprint density at radius 3 is 2.77 bits per heavy atom. The van der Waals surface area contributed by atoms with E-state index in [0.29, 0.717) is 13.2 Å². The van der Waals surface area contributed by atoms with Gasteiger partial charge in [0.2, 0.25) is 0 Å². The molecule has 2 heterocycles. The van der Waals surface area contributed by atoms with Crippen LogP contribution in [0.2, 0.25) is 0 Å². The van der Waals surface area contributed by atoms with Gasteiger partial charge in [-0.05, 0) is 0 Å². The normalized spacial score (nSPS) is 15.9. The van der Waals surface area contributed by atoms with E-state index in [4.69, 9.17) is 4.74 Å². The minimum absolute atomic E-state index is 0.0254. The summed E-state index contributed by atoms with van der Waals surface area (Å²) in [5.41, 5.74) is 2.21. The lowest BCUT2D eigenvalue weighted by atomic mass is 9.95. The molecule has 13 heavy (non-hydrogen) atoms. The lowest BCUT2D eigenvalue weighted by Crippen LogP contribution is -2.16. The summed E-state index contributed by atoms with van der Waals surface area (Å²) in [5.74, 6) is 0.900. The molecule has 0 aliphatic carbocycles. The zero-order valence-corrected chi connectivity index (χ0v) is 8.29. The molecule has 0 unspecified atom stereocenters. The molecule has 1 aromatic heterocycles. The monoisotopic (exact) mass is 178 g/mol. The largest absolute Gasteiger partial charge is 0.370 e. The Kier molecular flexibility index (Phi) is 1.84. The molecule has 70 valence electrons. The Labute approximate surface area is 78.2 Å². The van der Waals surface area contributed by atoms with Gasteiger partial charge in [-0.15, -0.1) is 0 Å². The zero-order valence-electron chi connectivity index (χ0n) is 8.29. The van der Waals surface area contributed by atoms with E-state index in [1.165, 1.54) is 0 Å². The number of aromatic nitrogens is 2. The topological polar surface area (TPSA) is 35.0 Å². The van der Waals surface area contributed by atoms with Crippen molar-refractivity contribution in [2.75, 3.05) is 0 Å². The van der Waals surface area contributed by atoms with E-state index in [1.807, 2.05) is 6.20 Å². The van der Waals surface area contributed by atoms with Crippen molar-refractivity contribution in [3.8, 4) is 0 Å². The molecule has 0 aromatic carbocycles. The molecule has 1 aliphatic rings. The van der Waals surface area contributed by atoms with Gasteiger partial charge in [0, 0.05) is 17.2 Å². The van der Waals surface area contributed by atoms with Gasteiger partial charge in [0.15, 0.2) is 0 Å². The van der Waals surface area contributed by atoms with Crippen LogP contribution in [0.15, 0.2) is 6.20 Å². The van der Waals surface area contributed by atoms with Crippen LogP contribution in [-0.4, -0.2) is 9.97 Å². The third-order valence-electron chi connectivity index (χ3n) is 2.12. The Morgan fingerprint density at radius 1 is 1.31 bits per heavy atom. The summed E-state index contributed by atoms with van der Waals surface area (Å²) < 4.78 is 5.28. The quantitative estimate of drug-likeness (QED) is 0.607. The van der Waals surface area contributed by atoms with Crippen LogP contribution in [0.1, 0.15) is 37.9 Å². The minimum atomic E-state index is 0.0254. The first-order chi connectivity index (χ1) is 6.07. The summed E-state index contributed by atoms with van der Waals surface area (Å²) in [6.07, 6.45) is 1.88. The van der Waals surface area contributed by atoms with Gasteiger partial charge in [-0.2, -0.15) is 0 Å². The first kappa shape index (κ1) is 8.63. The second-order valence-corrected chi connectivity index (χ2v) is 4.41. The predicted molar refractivity (Wildman–Crippen MR) is 49.2 cm³/mol. The SMILES string of the molecule is CC(C)(C)c1ncc2c(n1)COC2. The molecule has 0 atom stereocenters. The predicted octanol–water partition coefficient (Wildman–Crippen LogP) is 1.80. The van der Waals surface area contributed by atoms with Crippen LogP contribution >= 0.6 is 0 Å². The number of hydrogen-bond acceptors (Lipinski definition) is 3. The van der Waals surface area contributed by atoms with Gasteiger partial charge < -0.3 is 4.74 Å². The first-order valence-corrected chi connectivity index (χ1v) is 4.50. The van der Waals surface area contributed by atoms with Gasteiger partial charge >= 0.3 is 0 Å². The highest BCUT2D eigenvalue weighted by atomic mass is 16.5. The van der Waals surface area contributed by atoms with Crippen molar-refractivity contribution in [1.29, 1.82) is 0 Å². The van der Waals surface area contributed by atoms with E-state index in [2.05, 4.69) is 30.7 Å². The van der Waals surface area contributed by atoms with Gasteiger partial charge in [0.1, 0.15) is 5.82 Å². The fraction of sp³-hybridized carbons (Fsp3) is 0.600. The molecular weight excluding hydrogens is 164 g/mol. The Balaban J connectivity index is 2.42. The molecule has 1 aliphatic heterocycles. The van der Waals surface area contributed by atoms with Crippen molar-refractivity contribution in [2.24, 2.45) is 0 Å². The molecule has 0 bridgehead atoms. The molecule has 3 nitrogen and oxygen atoms in total. The number of rotatable bonds is 0. The second kappa shape index (κ2) is 2.77. The van der Waals surface area contributed by atoms with Gasteiger partial charge in [0.25, 0.3) is 0 Å². The maximum atomic E-state index is 5.28. The van der Waals surface area contributed by atoms with E-state index in [-0.39, 0.29) is 5.41 Å². The Bertz CT molecular complexity index is 328. The lowest BCUT2D eigenvalue weighted by molar-refractivity contribution is 0.133. The number of nitrogens with zero attached hydrogens (tertiary/aromatic N) is 2. The zero-order chi connectivity index (χ0) is 9.47. The standard InChI is InChI=1S/C10H14N2O/c1-10(2,3)9-11-4-7-5-13-6-8(7)12-9/h4H,5-6H2,1-3H3. The fourth-order valence-electron chi connectivity index (χ4n) is 1.31. The molecule has 0 saturated heterocycles. The van der Waals surface area contributed by atoms with Crippen LogP contribution in [0.3, 0.4) is 0 Å². The molecule has 0 saturated carbocycles. The van der Waals surface area contributed by atoms with Crippen molar-refractivity contribution in [3.05, 3.63) is 23.3 Å². The van der Waals surface area contributed by atoms with Crippen LogP contribution in [0.5, 0.6) is 0 Å². The van der Waals surface area contributed by atoms with E-state index in [9.17, 15) is 0 Å². The third-order valence-corrected chi connectivity index (χ3v) is 2.12. The lowest BCUT2D eigenvalue weighted by Gasteiger charge is -2.16. The average molecular weight is 178 g/mol. The van der Waals surface area contributed by atoms with E-state index >= 15 is 0 Å². The summed E-state index contributed by atoms with van der Waals surface area (Å²) in [6, 6.07) is 0. The number of hydrogen-bond donors (Lipinski definition) is 0. The Morgan fingerprint density at radius 2 is 2.08 bits per heavy atom. The summed E-state index contributed by atoms with van der Waals surface area (Å²) >= 11 is 0. The van der Waals surface area contributed by atoms with Gasteiger partial charge in [-0.25, -0.2) is 9.97 Å². The summed E-state index contributed by atoms with van der Waals surface area (Å²) in [4.78, 5) is 8.82. The van der Waals surface area contributed by atoms with Crippen molar-refractivity contribution >= 4 is 0 Å². The van der Waals surface area contributed by atoms with Crippen LogP contribution < -0.4 is 0 Å². The molecule has 3 heteroatoms. The maximum Gasteiger partial charge on any atom is 0.133 e. The maximum absolute atomic E-state index is 5.28. The van der Waals surface area contributed by atoms with E-state index < -0.39 is 0 Å². The molecule has 0 radical (unpaired) electrons. The highest BCUT2D eigenvalue weighted by molar-refractivity contribution is 5.20. The molecule has 0 fully saturated rings. The second-order valence-electron chi connectivity index (χ2n) is 4.41. The first-order valence-electron chi connectivity index (χ1n) is 4.50. The number of ether oxygens (including phenoxy) is 1. The molecule has 0 spiro atoms.